The van der Waals surface area contributed by atoms with Crippen LogP contribution >= 0.6 is 0 Å². The number of hydrogen-bond donors (Lipinski definition) is 2. The van der Waals surface area contributed by atoms with Crippen LogP contribution in [0.2, 0.25) is 0 Å². The average Bonchev–Trinajstić information content (AvgIpc) is 2.11. The number of nitrogens with two attached hydrogens (primary N) is 1. The summed E-state index contributed by atoms with van der Waals surface area (Å²) in [5.41, 5.74) is 4.94. The molecule has 0 fully saturated rings. The zero-order chi connectivity index (χ0) is 10.0. The van der Waals surface area contributed by atoms with Crippen LogP contribution in [0.3, 0.4) is 0 Å². The van der Waals surface area contributed by atoms with Crippen molar-refractivity contribution in [2.45, 2.75) is 6.92 Å². The van der Waals surface area contributed by atoms with Gasteiger partial charge in [-0.3, -0.25) is 0 Å². The minimum Gasteiger partial charge on any atom is -0.503 e. The number of aromatic hydroxyl groups is 1. The van der Waals surface area contributed by atoms with E-state index in [-0.39, 0.29) is 18.0 Å². The molecule has 0 aliphatic heterocycles. The second-order valence-electron chi connectivity index (χ2n) is 2.37. The maximum absolute atomic E-state index is 12.9. The highest BCUT2D eigenvalue weighted by atomic mass is 19.2. The summed E-state index contributed by atoms with van der Waals surface area (Å²) in [6, 6.07) is 1.04. The Morgan fingerprint density at radius 2 is 2.08 bits per heavy atom. The molecule has 1 rings (SSSR count). The minimum absolute atomic E-state index is 0.195. The molecule has 1 aromatic rings. The van der Waals surface area contributed by atoms with Crippen molar-refractivity contribution >= 4 is 5.69 Å². The predicted octanol–water partition coefficient (Wildman–Crippen LogP) is 1.65. The number of ether oxygens (including phenoxy) is 1. The molecule has 0 atom stereocenters. The van der Waals surface area contributed by atoms with E-state index < -0.39 is 17.4 Å². The Balaban J connectivity index is 3.24. The number of hydrogen-bond acceptors (Lipinski definition) is 3. The Morgan fingerprint density at radius 3 is 2.62 bits per heavy atom. The molecule has 0 saturated carbocycles. The predicted molar refractivity (Wildman–Crippen MR) is 43.6 cm³/mol. The summed E-state index contributed by atoms with van der Waals surface area (Å²) in [6.45, 7) is 1.82. The second-order valence-corrected chi connectivity index (χ2v) is 2.37. The van der Waals surface area contributed by atoms with Crippen molar-refractivity contribution in [2.75, 3.05) is 12.3 Å². The van der Waals surface area contributed by atoms with E-state index in [1.807, 2.05) is 0 Å². The quantitative estimate of drug-likeness (QED) is 0.549. The lowest BCUT2D eigenvalue weighted by Gasteiger charge is -2.07. The van der Waals surface area contributed by atoms with E-state index >= 15 is 0 Å². The molecule has 0 unspecified atom stereocenters. The first-order valence-electron chi connectivity index (χ1n) is 3.67. The highest BCUT2D eigenvalue weighted by molar-refractivity contribution is 5.56. The summed E-state index contributed by atoms with van der Waals surface area (Å²) < 4.78 is 30.5. The zero-order valence-corrected chi connectivity index (χ0v) is 6.97. The third kappa shape index (κ3) is 1.63. The number of nitrogen functional groups attached to an aromatic ring is 1. The third-order valence-corrected chi connectivity index (χ3v) is 1.48. The SMILES string of the molecule is CCOc1cc(N)c(O)c(F)c1F. The monoisotopic (exact) mass is 189 g/mol. The van der Waals surface area contributed by atoms with Gasteiger partial charge in [0.1, 0.15) is 0 Å². The third-order valence-electron chi connectivity index (χ3n) is 1.48. The maximum atomic E-state index is 12.9. The van der Waals surface area contributed by atoms with Crippen molar-refractivity contribution < 1.29 is 18.6 Å². The van der Waals surface area contributed by atoms with E-state index in [1.165, 1.54) is 0 Å². The number of rotatable bonds is 2. The molecule has 13 heavy (non-hydrogen) atoms. The topological polar surface area (TPSA) is 55.5 Å². The van der Waals surface area contributed by atoms with E-state index in [1.54, 1.807) is 6.92 Å². The van der Waals surface area contributed by atoms with Gasteiger partial charge in [0.05, 0.1) is 12.3 Å². The van der Waals surface area contributed by atoms with Crippen LogP contribution in [-0.2, 0) is 0 Å². The second kappa shape index (κ2) is 3.47. The molecule has 0 spiro atoms. The lowest BCUT2D eigenvalue weighted by molar-refractivity contribution is 0.309. The van der Waals surface area contributed by atoms with Crippen molar-refractivity contribution in [1.82, 2.24) is 0 Å². The summed E-state index contributed by atoms with van der Waals surface area (Å²) in [7, 11) is 0. The van der Waals surface area contributed by atoms with Crippen LogP contribution in [0.1, 0.15) is 6.92 Å². The van der Waals surface area contributed by atoms with Gasteiger partial charge in [-0.2, -0.15) is 8.78 Å². The number of halogens is 2. The highest BCUT2D eigenvalue weighted by Gasteiger charge is 2.16. The van der Waals surface area contributed by atoms with Gasteiger partial charge in [0.2, 0.25) is 11.6 Å². The van der Waals surface area contributed by atoms with E-state index in [2.05, 4.69) is 0 Å². The molecule has 0 aliphatic carbocycles. The lowest BCUT2D eigenvalue weighted by Crippen LogP contribution is -1.99. The normalized spacial score (nSPS) is 10.1. The van der Waals surface area contributed by atoms with Crippen molar-refractivity contribution in [3.05, 3.63) is 17.7 Å². The fourth-order valence-corrected chi connectivity index (χ4v) is 0.872. The average molecular weight is 189 g/mol. The summed E-state index contributed by atoms with van der Waals surface area (Å²) >= 11 is 0. The molecule has 0 radical (unpaired) electrons. The molecular weight excluding hydrogens is 180 g/mol. The highest BCUT2D eigenvalue weighted by Crippen LogP contribution is 2.32. The maximum Gasteiger partial charge on any atom is 0.206 e. The first kappa shape index (κ1) is 9.57. The molecule has 0 heterocycles. The van der Waals surface area contributed by atoms with Crippen LogP contribution in [0, 0.1) is 11.6 Å². The molecule has 0 aliphatic rings. The summed E-state index contributed by atoms with van der Waals surface area (Å²) in [5.74, 6) is -3.80. The standard InChI is InChI=1S/C8H9F2NO2/c1-2-13-5-3-4(11)8(12)7(10)6(5)9/h3,12H,2,11H2,1H3. The molecule has 0 aromatic heterocycles. The smallest absolute Gasteiger partial charge is 0.206 e. The van der Waals surface area contributed by atoms with Gasteiger partial charge in [-0.05, 0) is 6.92 Å². The van der Waals surface area contributed by atoms with Crippen LogP contribution in [0.15, 0.2) is 6.07 Å². The number of phenolic OH excluding ortho intramolecular Hbond substituents is 1. The van der Waals surface area contributed by atoms with Gasteiger partial charge in [0.15, 0.2) is 11.5 Å². The minimum atomic E-state index is -1.39. The van der Waals surface area contributed by atoms with E-state index in [4.69, 9.17) is 15.6 Å². The molecule has 5 heteroatoms. The van der Waals surface area contributed by atoms with Crippen molar-refractivity contribution in [3.8, 4) is 11.5 Å². The van der Waals surface area contributed by atoms with Gasteiger partial charge in [-0.15, -0.1) is 0 Å². The van der Waals surface area contributed by atoms with E-state index in [0.29, 0.717) is 0 Å². The number of anilines is 1. The van der Waals surface area contributed by atoms with Crippen molar-refractivity contribution in [2.24, 2.45) is 0 Å². The largest absolute Gasteiger partial charge is 0.503 e. The number of phenols is 1. The molecule has 72 valence electrons. The molecule has 3 N–H and O–H groups in total. The Hall–Kier alpha value is -1.52. The van der Waals surface area contributed by atoms with Gasteiger partial charge in [0, 0.05) is 6.07 Å². The van der Waals surface area contributed by atoms with Crippen LogP contribution in [0.5, 0.6) is 11.5 Å². The first-order valence-corrected chi connectivity index (χ1v) is 3.67. The molecule has 1 aromatic carbocycles. The lowest BCUT2D eigenvalue weighted by atomic mass is 10.2. The molecule has 0 saturated heterocycles. The Bertz CT molecular complexity index is 328. The fraction of sp³-hybridized carbons (Fsp3) is 0.250. The fourth-order valence-electron chi connectivity index (χ4n) is 0.872. The van der Waals surface area contributed by atoms with E-state index in [0.717, 1.165) is 6.07 Å². The van der Waals surface area contributed by atoms with E-state index in [9.17, 15) is 8.78 Å². The Morgan fingerprint density at radius 1 is 1.46 bits per heavy atom. The Labute approximate surface area is 73.7 Å². The van der Waals surface area contributed by atoms with Crippen LogP contribution in [-0.4, -0.2) is 11.7 Å². The molecule has 3 nitrogen and oxygen atoms in total. The zero-order valence-electron chi connectivity index (χ0n) is 6.97. The van der Waals surface area contributed by atoms with Gasteiger partial charge in [-0.25, -0.2) is 0 Å². The van der Waals surface area contributed by atoms with Gasteiger partial charge < -0.3 is 15.6 Å². The number of benzene rings is 1. The van der Waals surface area contributed by atoms with Crippen molar-refractivity contribution in [1.29, 1.82) is 0 Å². The van der Waals surface area contributed by atoms with Gasteiger partial charge >= 0.3 is 0 Å². The van der Waals surface area contributed by atoms with Crippen LogP contribution in [0.4, 0.5) is 14.5 Å². The molecule has 0 amide bonds. The summed E-state index contributed by atoms with van der Waals surface area (Å²) in [6.07, 6.45) is 0. The summed E-state index contributed by atoms with van der Waals surface area (Å²) in [4.78, 5) is 0. The van der Waals surface area contributed by atoms with Gasteiger partial charge in [0.25, 0.3) is 0 Å². The van der Waals surface area contributed by atoms with Gasteiger partial charge in [-0.1, -0.05) is 0 Å². The first-order chi connectivity index (χ1) is 6.07. The Kier molecular flexibility index (Phi) is 2.55. The van der Waals surface area contributed by atoms with Crippen molar-refractivity contribution in [3.63, 3.8) is 0 Å². The van der Waals surface area contributed by atoms with Crippen LogP contribution < -0.4 is 10.5 Å². The molecular formula is C8H9F2NO2. The van der Waals surface area contributed by atoms with Crippen LogP contribution in [0.25, 0.3) is 0 Å². The summed E-state index contributed by atoms with van der Waals surface area (Å²) in [5, 5.41) is 8.88. The molecule has 0 bridgehead atoms.